The molecule has 1 aliphatic carbocycles. The highest BCUT2D eigenvalue weighted by atomic mass is 35.5. The third-order valence-corrected chi connectivity index (χ3v) is 4.97. The van der Waals surface area contributed by atoms with E-state index in [4.69, 9.17) is 20.8 Å². The van der Waals surface area contributed by atoms with E-state index in [2.05, 4.69) is 5.32 Å². The number of carbonyl (C=O) groups is 3. The number of halogens is 1. The molecule has 138 valence electrons. The number of esters is 1. The maximum absolute atomic E-state index is 12.2. The standard InChI is InChI=1S/C19H20ClNO5/c1-11-13-8-5-9-14(20)17(13)26-16(11)19(24)25-10-15(22)21-18(23)12-6-3-2-4-7-12/h5,8-9,12H,2-4,6-7,10H2,1H3,(H,21,22,23). The summed E-state index contributed by atoms with van der Waals surface area (Å²) in [5.41, 5.74) is 0.988. The third kappa shape index (κ3) is 3.90. The van der Waals surface area contributed by atoms with E-state index in [-0.39, 0.29) is 17.6 Å². The molecule has 0 saturated heterocycles. The molecule has 1 fully saturated rings. The number of fused-ring (bicyclic) bond motifs is 1. The Morgan fingerprint density at radius 1 is 1.23 bits per heavy atom. The van der Waals surface area contributed by atoms with E-state index in [0.717, 1.165) is 32.1 Å². The molecule has 1 aromatic carbocycles. The summed E-state index contributed by atoms with van der Waals surface area (Å²) in [6, 6.07) is 5.20. The van der Waals surface area contributed by atoms with Crippen molar-refractivity contribution in [3.8, 4) is 0 Å². The number of aryl methyl sites for hydroxylation is 1. The zero-order chi connectivity index (χ0) is 18.7. The number of ether oxygens (including phenoxy) is 1. The molecule has 7 heteroatoms. The second kappa shape index (κ2) is 7.91. The van der Waals surface area contributed by atoms with Crippen molar-refractivity contribution >= 4 is 40.4 Å². The summed E-state index contributed by atoms with van der Waals surface area (Å²) in [5.74, 6) is -1.84. The average molecular weight is 378 g/mol. The van der Waals surface area contributed by atoms with Crippen LogP contribution in [0.5, 0.6) is 0 Å². The predicted molar refractivity (Wildman–Crippen MR) is 96.0 cm³/mol. The first-order valence-electron chi connectivity index (χ1n) is 8.66. The normalized spacial score (nSPS) is 15.0. The Bertz CT molecular complexity index is 851. The van der Waals surface area contributed by atoms with Gasteiger partial charge in [-0.15, -0.1) is 0 Å². The van der Waals surface area contributed by atoms with Gasteiger partial charge in [-0.2, -0.15) is 0 Å². The molecular weight excluding hydrogens is 358 g/mol. The molecule has 2 amide bonds. The van der Waals surface area contributed by atoms with E-state index >= 15 is 0 Å². The molecule has 1 saturated carbocycles. The van der Waals surface area contributed by atoms with Crippen LogP contribution < -0.4 is 5.32 Å². The molecule has 6 nitrogen and oxygen atoms in total. The van der Waals surface area contributed by atoms with Gasteiger partial charge in [-0.05, 0) is 25.8 Å². The number of nitrogens with one attached hydrogen (secondary N) is 1. The molecule has 1 aliphatic rings. The van der Waals surface area contributed by atoms with Crippen LogP contribution in [0.4, 0.5) is 0 Å². The lowest BCUT2D eigenvalue weighted by Crippen LogP contribution is -2.38. The number of para-hydroxylation sites is 1. The molecular formula is C19H20ClNO5. The van der Waals surface area contributed by atoms with Crippen LogP contribution in [0.3, 0.4) is 0 Å². The summed E-state index contributed by atoms with van der Waals surface area (Å²) in [4.78, 5) is 36.1. The molecule has 1 aromatic heterocycles. The van der Waals surface area contributed by atoms with Gasteiger partial charge in [0.2, 0.25) is 11.7 Å². The third-order valence-electron chi connectivity index (χ3n) is 4.67. The van der Waals surface area contributed by atoms with Gasteiger partial charge in [-0.1, -0.05) is 43.0 Å². The fourth-order valence-electron chi connectivity index (χ4n) is 3.24. The number of rotatable bonds is 4. The van der Waals surface area contributed by atoms with Crippen LogP contribution in [0.25, 0.3) is 11.0 Å². The number of furan rings is 1. The molecule has 2 aromatic rings. The van der Waals surface area contributed by atoms with Crippen LogP contribution in [0, 0.1) is 12.8 Å². The number of hydrogen-bond donors (Lipinski definition) is 1. The Labute approximate surface area is 155 Å². The Balaban J connectivity index is 1.58. The number of benzene rings is 1. The van der Waals surface area contributed by atoms with Crippen molar-refractivity contribution in [2.45, 2.75) is 39.0 Å². The quantitative estimate of drug-likeness (QED) is 0.819. The summed E-state index contributed by atoms with van der Waals surface area (Å²) in [7, 11) is 0. The van der Waals surface area contributed by atoms with E-state index in [1.54, 1.807) is 25.1 Å². The van der Waals surface area contributed by atoms with Crippen molar-refractivity contribution < 1.29 is 23.5 Å². The first-order valence-corrected chi connectivity index (χ1v) is 9.03. The Hall–Kier alpha value is -2.34. The maximum Gasteiger partial charge on any atom is 0.375 e. The van der Waals surface area contributed by atoms with Crippen LogP contribution >= 0.6 is 11.6 Å². The van der Waals surface area contributed by atoms with Gasteiger partial charge in [0, 0.05) is 16.9 Å². The predicted octanol–water partition coefficient (Wildman–Crippen LogP) is 3.77. The van der Waals surface area contributed by atoms with Crippen LogP contribution in [0.15, 0.2) is 22.6 Å². The Morgan fingerprint density at radius 2 is 1.96 bits per heavy atom. The highest BCUT2D eigenvalue weighted by molar-refractivity contribution is 6.35. The summed E-state index contributed by atoms with van der Waals surface area (Å²) in [6.07, 6.45) is 4.69. The lowest BCUT2D eigenvalue weighted by atomic mass is 9.89. The molecule has 0 radical (unpaired) electrons. The van der Waals surface area contributed by atoms with Crippen LogP contribution in [-0.2, 0) is 14.3 Å². The van der Waals surface area contributed by atoms with Gasteiger partial charge < -0.3 is 9.15 Å². The molecule has 0 atom stereocenters. The maximum atomic E-state index is 12.2. The molecule has 0 aliphatic heterocycles. The minimum Gasteiger partial charge on any atom is -0.450 e. The molecule has 0 bridgehead atoms. The van der Waals surface area contributed by atoms with E-state index < -0.39 is 18.5 Å². The van der Waals surface area contributed by atoms with Gasteiger partial charge in [0.15, 0.2) is 12.2 Å². The highest BCUT2D eigenvalue weighted by Crippen LogP contribution is 2.31. The van der Waals surface area contributed by atoms with Gasteiger partial charge >= 0.3 is 5.97 Å². The highest BCUT2D eigenvalue weighted by Gasteiger charge is 2.24. The monoisotopic (exact) mass is 377 g/mol. The van der Waals surface area contributed by atoms with Crippen molar-refractivity contribution in [2.75, 3.05) is 6.61 Å². The molecule has 26 heavy (non-hydrogen) atoms. The van der Waals surface area contributed by atoms with E-state index in [9.17, 15) is 14.4 Å². The lowest BCUT2D eigenvalue weighted by molar-refractivity contribution is -0.135. The second-order valence-electron chi connectivity index (χ2n) is 6.50. The van der Waals surface area contributed by atoms with Crippen molar-refractivity contribution in [3.05, 3.63) is 34.5 Å². The van der Waals surface area contributed by atoms with Crippen LogP contribution in [0.1, 0.15) is 48.2 Å². The number of imide groups is 1. The molecule has 0 unspecified atom stereocenters. The zero-order valence-electron chi connectivity index (χ0n) is 14.5. The zero-order valence-corrected chi connectivity index (χ0v) is 15.2. The summed E-state index contributed by atoms with van der Waals surface area (Å²) in [5, 5.41) is 3.40. The molecule has 1 heterocycles. The number of carbonyl (C=O) groups excluding carboxylic acids is 3. The largest absolute Gasteiger partial charge is 0.450 e. The fourth-order valence-corrected chi connectivity index (χ4v) is 3.45. The number of amides is 2. The summed E-state index contributed by atoms with van der Waals surface area (Å²) < 4.78 is 10.5. The molecule has 3 rings (SSSR count). The van der Waals surface area contributed by atoms with Crippen molar-refractivity contribution in [3.63, 3.8) is 0 Å². The summed E-state index contributed by atoms with van der Waals surface area (Å²) in [6.45, 7) is 1.17. The summed E-state index contributed by atoms with van der Waals surface area (Å²) >= 11 is 6.06. The smallest absolute Gasteiger partial charge is 0.375 e. The van der Waals surface area contributed by atoms with Crippen molar-refractivity contribution in [2.24, 2.45) is 5.92 Å². The van der Waals surface area contributed by atoms with Gasteiger partial charge in [0.1, 0.15) is 0 Å². The van der Waals surface area contributed by atoms with Crippen LogP contribution in [-0.4, -0.2) is 24.4 Å². The average Bonchev–Trinajstić information content (AvgIpc) is 2.99. The first kappa shape index (κ1) is 18.5. The fraction of sp³-hybridized carbons (Fsp3) is 0.421. The van der Waals surface area contributed by atoms with E-state index in [1.807, 2.05) is 0 Å². The van der Waals surface area contributed by atoms with Gasteiger partial charge in [-0.3, -0.25) is 14.9 Å². The number of hydrogen-bond acceptors (Lipinski definition) is 5. The lowest BCUT2D eigenvalue weighted by Gasteiger charge is -2.20. The SMILES string of the molecule is Cc1c(C(=O)OCC(=O)NC(=O)C2CCCCC2)oc2c(Cl)cccc12. The Morgan fingerprint density at radius 3 is 2.65 bits per heavy atom. The van der Waals surface area contributed by atoms with Crippen molar-refractivity contribution in [1.29, 1.82) is 0 Å². The second-order valence-corrected chi connectivity index (χ2v) is 6.90. The minimum absolute atomic E-state index is 0.000456. The minimum atomic E-state index is -0.768. The topological polar surface area (TPSA) is 85.6 Å². The van der Waals surface area contributed by atoms with E-state index in [0.29, 0.717) is 21.6 Å². The molecule has 0 spiro atoms. The van der Waals surface area contributed by atoms with Gasteiger partial charge in [0.05, 0.1) is 5.02 Å². The van der Waals surface area contributed by atoms with E-state index in [1.165, 1.54) is 0 Å². The molecule has 1 N–H and O–H groups in total. The first-order chi connectivity index (χ1) is 12.5. The van der Waals surface area contributed by atoms with Gasteiger partial charge in [-0.25, -0.2) is 4.79 Å². The van der Waals surface area contributed by atoms with Gasteiger partial charge in [0.25, 0.3) is 5.91 Å². The van der Waals surface area contributed by atoms with Crippen LogP contribution in [0.2, 0.25) is 5.02 Å². The Kier molecular flexibility index (Phi) is 5.61. The van der Waals surface area contributed by atoms with Crippen molar-refractivity contribution in [1.82, 2.24) is 5.32 Å².